The van der Waals surface area contributed by atoms with Gasteiger partial charge in [0.05, 0.1) is 13.0 Å². The number of ether oxygens (including phenoxy) is 3. The average Bonchev–Trinajstić information content (AvgIpc) is 3.26. The molecule has 11 nitrogen and oxygen atoms in total. The molecule has 332 valence electrons. The van der Waals surface area contributed by atoms with Crippen LogP contribution in [-0.4, -0.2) is 58.0 Å². The van der Waals surface area contributed by atoms with E-state index < -0.39 is 47.9 Å². The Morgan fingerprint density at radius 1 is 0.651 bits per heavy atom. The summed E-state index contributed by atoms with van der Waals surface area (Å²) in [7, 11) is 0. The zero-order valence-corrected chi connectivity index (χ0v) is 37.7. The molecule has 0 fully saturated rings. The Morgan fingerprint density at radius 2 is 1.29 bits per heavy atom. The number of esters is 2. The van der Waals surface area contributed by atoms with Gasteiger partial charge in [0.25, 0.3) is 5.91 Å². The number of hydrogen-bond acceptors (Lipinski definition) is 9. The molecular formula is C52H62N4O7. The number of benzene rings is 4. The average molecular weight is 855 g/mol. The molecule has 63 heavy (non-hydrogen) atoms. The highest BCUT2D eigenvalue weighted by molar-refractivity contribution is 5.98. The van der Waals surface area contributed by atoms with Crippen molar-refractivity contribution in [2.24, 2.45) is 0 Å². The Kier molecular flexibility index (Phi) is 17.1. The molecule has 2 amide bonds. The highest BCUT2D eigenvalue weighted by Crippen LogP contribution is 2.25. The number of unbranched alkanes of at least 4 members (excludes halogenated alkanes) is 4. The normalized spacial score (nSPS) is 12.4. The number of aromatic nitrogens is 2. The van der Waals surface area contributed by atoms with Crippen LogP contribution < -0.4 is 15.4 Å². The van der Waals surface area contributed by atoms with Gasteiger partial charge in [-0.2, -0.15) is 0 Å². The first-order chi connectivity index (χ1) is 30.1. The molecule has 1 heterocycles. The second kappa shape index (κ2) is 22.6. The number of carbonyl (C=O) groups is 4. The van der Waals surface area contributed by atoms with Gasteiger partial charge in [0.2, 0.25) is 5.91 Å². The van der Waals surface area contributed by atoms with Gasteiger partial charge in [0.1, 0.15) is 30.0 Å². The molecule has 0 saturated carbocycles. The summed E-state index contributed by atoms with van der Waals surface area (Å²) in [6.45, 7) is 14.2. The monoisotopic (exact) mass is 854 g/mol. The Morgan fingerprint density at radius 3 is 1.90 bits per heavy atom. The van der Waals surface area contributed by atoms with Crippen LogP contribution in [-0.2, 0) is 42.3 Å². The third-order valence-electron chi connectivity index (χ3n) is 10.3. The van der Waals surface area contributed by atoms with Crippen molar-refractivity contribution in [3.63, 3.8) is 0 Å². The number of amides is 2. The van der Waals surface area contributed by atoms with Crippen LogP contribution in [0, 0.1) is 0 Å². The van der Waals surface area contributed by atoms with Gasteiger partial charge < -0.3 is 24.8 Å². The van der Waals surface area contributed by atoms with Crippen LogP contribution in [0.4, 0.5) is 0 Å². The minimum atomic E-state index is -1.38. The Hall–Kier alpha value is -6.36. The predicted molar refractivity (Wildman–Crippen MR) is 246 cm³/mol. The summed E-state index contributed by atoms with van der Waals surface area (Å²) < 4.78 is 17.0. The van der Waals surface area contributed by atoms with E-state index in [9.17, 15) is 19.2 Å². The van der Waals surface area contributed by atoms with E-state index in [2.05, 4.69) is 48.3 Å². The molecule has 5 aromatic rings. The third-order valence-corrected chi connectivity index (χ3v) is 10.3. The number of nitrogens with zero attached hydrogens (tertiary/aromatic N) is 2. The molecule has 0 bridgehead atoms. The number of carbonyl (C=O) groups excluding carboxylic acids is 4. The van der Waals surface area contributed by atoms with Crippen molar-refractivity contribution in [2.45, 2.75) is 123 Å². The molecule has 0 aliphatic carbocycles. The summed E-state index contributed by atoms with van der Waals surface area (Å²) >= 11 is 0. The van der Waals surface area contributed by atoms with Gasteiger partial charge >= 0.3 is 11.9 Å². The highest BCUT2D eigenvalue weighted by atomic mass is 16.6. The molecule has 11 heteroatoms. The molecular weight excluding hydrogens is 793 g/mol. The van der Waals surface area contributed by atoms with Gasteiger partial charge in [-0.25, -0.2) is 14.8 Å². The van der Waals surface area contributed by atoms with Crippen LogP contribution in [0.3, 0.4) is 0 Å². The van der Waals surface area contributed by atoms with Crippen LogP contribution in [0.2, 0.25) is 0 Å². The Balaban J connectivity index is 1.30. The minimum Gasteiger partial charge on any atom is -0.494 e. The van der Waals surface area contributed by atoms with Crippen molar-refractivity contribution in [3.05, 3.63) is 138 Å². The van der Waals surface area contributed by atoms with E-state index >= 15 is 0 Å². The second-order valence-corrected chi connectivity index (χ2v) is 17.8. The molecule has 4 aromatic carbocycles. The zero-order chi connectivity index (χ0) is 45.4. The lowest BCUT2D eigenvalue weighted by molar-refractivity contribution is -0.162. The van der Waals surface area contributed by atoms with E-state index in [1.807, 2.05) is 91.0 Å². The Labute approximate surface area is 372 Å². The van der Waals surface area contributed by atoms with E-state index in [1.54, 1.807) is 45.3 Å². The standard InChI is InChI=1S/C52H62N4O7/c1-8-9-10-11-15-30-61-43-28-24-38(25-29-43)41-33-53-47(54-34-41)39-20-18-36(19-21-39)31-44(55-48(58)40-22-26-42(27-23-40)51(2,3)4)49(59)56-45(50(60)63-52(5,6)7)32-46(57)62-35-37-16-13-12-14-17-37/h12-14,16-29,33-34,44-45H,8-11,15,30-32,35H2,1-7H3,(H,55,58)(H,56,59). The van der Waals surface area contributed by atoms with Crippen LogP contribution in [0.5, 0.6) is 5.75 Å². The van der Waals surface area contributed by atoms with Gasteiger partial charge in [-0.1, -0.05) is 132 Å². The van der Waals surface area contributed by atoms with Crippen LogP contribution >= 0.6 is 0 Å². The fourth-order valence-electron chi connectivity index (χ4n) is 6.67. The molecule has 0 radical (unpaired) electrons. The van der Waals surface area contributed by atoms with Crippen molar-refractivity contribution in [2.75, 3.05) is 6.61 Å². The van der Waals surface area contributed by atoms with Gasteiger partial charge in [-0.05, 0) is 79.1 Å². The molecule has 0 saturated heterocycles. The van der Waals surface area contributed by atoms with Crippen molar-refractivity contribution >= 4 is 23.8 Å². The molecule has 5 rings (SSSR count). The zero-order valence-electron chi connectivity index (χ0n) is 37.7. The summed E-state index contributed by atoms with van der Waals surface area (Å²) in [5.41, 5.74) is 4.48. The molecule has 0 aliphatic heterocycles. The predicted octanol–water partition coefficient (Wildman–Crippen LogP) is 9.76. The van der Waals surface area contributed by atoms with Crippen molar-refractivity contribution < 1.29 is 33.4 Å². The first-order valence-corrected chi connectivity index (χ1v) is 21.9. The van der Waals surface area contributed by atoms with Gasteiger partial charge in [0.15, 0.2) is 5.82 Å². The fraction of sp³-hybridized carbons (Fsp3) is 0.385. The molecule has 2 unspecified atom stereocenters. The van der Waals surface area contributed by atoms with Crippen molar-refractivity contribution in [1.82, 2.24) is 20.6 Å². The first kappa shape index (κ1) is 47.7. The van der Waals surface area contributed by atoms with E-state index in [0.29, 0.717) is 18.0 Å². The van der Waals surface area contributed by atoms with Gasteiger partial charge in [0, 0.05) is 35.5 Å². The first-order valence-electron chi connectivity index (χ1n) is 21.9. The highest BCUT2D eigenvalue weighted by Gasteiger charge is 2.32. The largest absolute Gasteiger partial charge is 0.494 e. The number of nitrogens with one attached hydrogen (secondary N) is 2. The quantitative estimate of drug-likeness (QED) is 0.0577. The molecule has 0 aliphatic rings. The fourth-order valence-corrected chi connectivity index (χ4v) is 6.67. The lowest BCUT2D eigenvalue weighted by Gasteiger charge is -2.26. The topological polar surface area (TPSA) is 146 Å². The maximum absolute atomic E-state index is 14.2. The van der Waals surface area contributed by atoms with Crippen LogP contribution in [0.15, 0.2) is 116 Å². The lowest BCUT2D eigenvalue weighted by atomic mass is 9.86. The summed E-state index contributed by atoms with van der Waals surface area (Å²) in [6, 6.07) is 29.1. The van der Waals surface area contributed by atoms with E-state index in [1.165, 1.54) is 25.7 Å². The number of rotatable bonds is 20. The maximum atomic E-state index is 14.2. The SMILES string of the molecule is CCCCCCCOc1ccc(-c2cnc(-c3ccc(CC(NC(=O)c4ccc(C(C)(C)C)cc4)C(=O)NC(CC(=O)OCc4ccccc4)C(=O)OC(C)(C)C)cc3)nc2)cc1. The molecule has 2 atom stereocenters. The molecule has 2 N–H and O–H groups in total. The van der Waals surface area contributed by atoms with E-state index in [0.717, 1.165) is 45.6 Å². The summed E-state index contributed by atoms with van der Waals surface area (Å²) in [6.07, 6.45) is 9.09. The van der Waals surface area contributed by atoms with E-state index in [-0.39, 0.29) is 18.4 Å². The van der Waals surface area contributed by atoms with Crippen LogP contribution in [0.1, 0.15) is 114 Å². The Bertz CT molecular complexity index is 2230. The van der Waals surface area contributed by atoms with Gasteiger partial charge in [-0.3, -0.25) is 14.4 Å². The second-order valence-electron chi connectivity index (χ2n) is 17.8. The van der Waals surface area contributed by atoms with E-state index in [4.69, 9.17) is 14.2 Å². The summed E-state index contributed by atoms with van der Waals surface area (Å²) in [5, 5.41) is 5.57. The van der Waals surface area contributed by atoms with Crippen molar-refractivity contribution in [3.8, 4) is 28.3 Å². The smallest absolute Gasteiger partial charge is 0.329 e. The lowest BCUT2D eigenvalue weighted by Crippen LogP contribution is -2.54. The van der Waals surface area contributed by atoms with Crippen molar-refractivity contribution in [1.29, 1.82) is 0 Å². The number of hydrogen-bond donors (Lipinski definition) is 2. The van der Waals surface area contributed by atoms with Crippen LogP contribution in [0.25, 0.3) is 22.5 Å². The maximum Gasteiger partial charge on any atom is 0.329 e. The summed E-state index contributed by atoms with van der Waals surface area (Å²) in [4.78, 5) is 63.6. The third kappa shape index (κ3) is 15.5. The summed E-state index contributed by atoms with van der Waals surface area (Å²) in [5.74, 6) is -1.30. The molecule has 0 spiro atoms. The molecule has 1 aromatic heterocycles. The minimum absolute atomic E-state index is 0.00442. The van der Waals surface area contributed by atoms with Gasteiger partial charge in [-0.15, -0.1) is 0 Å².